The number of nitrogens with zero attached hydrogens (tertiary/aromatic N) is 2. The SMILES string of the molecule is COc1cccc(OCCCn2c(C(C)NC(=O)c3ccc(OC)c(OC)c3)nc3ccccc32)c1. The number of aromatic nitrogens is 2. The van der Waals surface area contributed by atoms with Gasteiger partial charge in [-0.1, -0.05) is 18.2 Å². The quantitative estimate of drug-likeness (QED) is 0.298. The van der Waals surface area contributed by atoms with E-state index in [0.717, 1.165) is 34.8 Å². The van der Waals surface area contributed by atoms with Crippen LogP contribution in [0, 0.1) is 0 Å². The highest BCUT2D eigenvalue weighted by Gasteiger charge is 2.20. The van der Waals surface area contributed by atoms with Crippen molar-refractivity contribution in [3.05, 3.63) is 78.1 Å². The molecule has 8 heteroatoms. The molecule has 1 aromatic heterocycles. The van der Waals surface area contributed by atoms with Crippen LogP contribution in [0.5, 0.6) is 23.0 Å². The average Bonchev–Trinajstić information content (AvgIpc) is 3.29. The number of amides is 1. The lowest BCUT2D eigenvalue weighted by Gasteiger charge is -2.17. The highest BCUT2D eigenvalue weighted by atomic mass is 16.5. The molecule has 0 radical (unpaired) electrons. The van der Waals surface area contributed by atoms with Crippen molar-refractivity contribution < 1.29 is 23.7 Å². The second kappa shape index (κ2) is 11.5. The van der Waals surface area contributed by atoms with Gasteiger partial charge in [-0.3, -0.25) is 4.79 Å². The van der Waals surface area contributed by atoms with E-state index in [9.17, 15) is 4.79 Å². The zero-order valence-electron chi connectivity index (χ0n) is 21.0. The first kappa shape index (κ1) is 24.9. The molecule has 4 aromatic rings. The molecular formula is C28H31N3O5. The number of carbonyl (C=O) groups is 1. The summed E-state index contributed by atoms with van der Waals surface area (Å²) in [5.74, 6) is 3.16. The molecular weight excluding hydrogens is 458 g/mol. The van der Waals surface area contributed by atoms with Crippen LogP contribution in [0.2, 0.25) is 0 Å². The van der Waals surface area contributed by atoms with Crippen LogP contribution in [0.1, 0.15) is 35.6 Å². The van der Waals surface area contributed by atoms with Crippen LogP contribution in [-0.2, 0) is 6.54 Å². The van der Waals surface area contributed by atoms with Crippen molar-refractivity contribution in [1.82, 2.24) is 14.9 Å². The Morgan fingerprint density at radius 2 is 1.69 bits per heavy atom. The van der Waals surface area contributed by atoms with E-state index in [1.54, 1.807) is 39.5 Å². The van der Waals surface area contributed by atoms with E-state index in [0.29, 0.717) is 30.2 Å². The molecule has 1 unspecified atom stereocenters. The minimum atomic E-state index is -0.322. The molecule has 1 atom stereocenters. The summed E-state index contributed by atoms with van der Waals surface area (Å²) in [5.41, 5.74) is 2.38. The van der Waals surface area contributed by atoms with Gasteiger partial charge in [0.15, 0.2) is 11.5 Å². The fourth-order valence-electron chi connectivity index (χ4n) is 4.09. The van der Waals surface area contributed by atoms with Crippen molar-refractivity contribution in [2.24, 2.45) is 0 Å². The molecule has 0 bridgehead atoms. The number of rotatable bonds is 11. The maximum atomic E-state index is 13.0. The number of carbonyl (C=O) groups excluding carboxylic acids is 1. The van der Waals surface area contributed by atoms with Crippen molar-refractivity contribution >= 4 is 16.9 Å². The Balaban J connectivity index is 1.48. The highest BCUT2D eigenvalue weighted by Crippen LogP contribution is 2.28. The first-order valence-electron chi connectivity index (χ1n) is 11.8. The van der Waals surface area contributed by atoms with E-state index < -0.39 is 0 Å². The number of aryl methyl sites for hydroxylation is 1. The van der Waals surface area contributed by atoms with E-state index in [1.165, 1.54) is 0 Å². The van der Waals surface area contributed by atoms with Crippen molar-refractivity contribution in [1.29, 1.82) is 0 Å². The van der Waals surface area contributed by atoms with E-state index in [-0.39, 0.29) is 11.9 Å². The van der Waals surface area contributed by atoms with Gasteiger partial charge in [-0.25, -0.2) is 4.98 Å². The number of methoxy groups -OCH3 is 3. The van der Waals surface area contributed by atoms with E-state index in [4.69, 9.17) is 23.9 Å². The van der Waals surface area contributed by atoms with Crippen LogP contribution in [0.15, 0.2) is 66.7 Å². The lowest BCUT2D eigenvalue weighted by molar-refractivity contribution is 0.0937. The van der Waals surface area contributed by atoms with Crippen molar-refractivity contribution in [3.63, 3.8) is 0 Å². The Morgan fingerprint density at radius 1 is 0.917 bits per heavy atom. The zero-order valence-corrected chi connectivity index (χ0v) is 21.0. The number of para-hydroxylation sites is 2. The topological polar surface area (TPSA) is 83.8 Å². The second-order valence-electron chi connectivity index (χ2n) is 8.26. The Labute approximate surface area is 210 Å². The van der Waals surface area contributed by atoms with E-state index in [2.05, 4.69) is 9.88 Å². The Morgan fingerprint density at radius 3 is 2.47 bits per heavy atom. The number of imidazole rings is 1. The molecule has 0 fully saturated rings. The van der Waals surface area contributed by atoms with Crippen LogP contribution in [0.4, 0.5) is 0 Å². The lowest BCUT2D eigenvalue weighted by Crippen LogP contribution is -2.29. The van der Waals surface area contributed by atoms with Gasteiger partial charge < -0.3 is 28.8 Å². The molecule has 0 spiro atoms. The molecule has 4 rings (SSSR count). The minimum absolute atomic E-state index is 0.219. The average molecular weight is 490 g/mol. The molecule has 1 heterocycles. The highest BCUT2D eigenvalue weighted by molar-refractivity contribution is 5.95. The van der Waals surface area contributed by atoms with Gasteiger partial charge in [0.05, 0.1) is 45.0 Å². The summed E-state index contributed by atoms with van der Waals surface area (Å²) < 4.78 is 23.9. The molecule has 3 aromatic carbocycles. The molecule has 0 aliphatic carbocycles. The number of hydrogen-bond acceptors (Lipinski definition) is 6. The first-order chi connectivity index (χ1) is 17.5. The van der Waals surface area contributed by atoms with Crippen LogP contribution < -0.4 is 24.3 Å². The molecule has 8 nitrogen and oxygen atoms in total. The van der Waals surface area contributed by atoms with Gasteiger partial charge in [0.1, 0.15) is 17.3 Å². The molecule has 0 aliphatic heterocycles. The minimum Gasteiger partial charge on any atom is -0.497 e. The molecule has 1 amide bonds. The maximum Gasteiger partial charge on any atom is 0.251 e. The van der Waals surface area contributed by atoms with E-state index >= 15 is 0 Å². The van der Waals surface area contributed by atoms with Gasteiger partial charge in [0.25, 0.3) is 5.91 Å². The summed E-state index contributed by atoms with van der Waals surface area (Å²) in [7, 11) is 4.74. The van der Waals surface area contributed by atoms with Crippen molar-refractivity contribution in [2.75, 3.05) is 27.9 Å². The van der Waals surface area contributed by atoms with Gasteiger partial charge in [-0.15, -0.1) is 0 Å². The number of hydrogen-bond donors (Lipinski definition) is 1. The third-order valence-electron chi connectivity index (χ3n) is 5.90. The largest absolute Gasteiger partial charge is 0.497 e. The van der Waals surface area contributed by atoms with Crippen LogP contribution in [0.3, 0.4) is 0 Å². The summed E-state index contributed by atoms with van der Waals surface area (Å²) in [5, 5.41) is 3.07. The Kier molecular flexibility index (Phi) is 7.95. The molecule has 1 N–H and O–H groups in total. The summed E-state index contributed by atoms with van der Waals surface area (Å²) in [6.07, 6.45) is 0.765. The molecule has 0 saturated carbocycles. The second-order valence-corrected chi connectivity index (χ2v) is 8.26. The number of benzene rings is 3. The summed E-state index contributed by atoms with van der Waals surface area (Å²) in [6, 6.07) is 20.3. The van der Waals surface area contributed by atoms with Gasteiger partial charge in [-0.05, 0) is 55.8 Å². The predicted molar refractivity (Wildman–Crippen MR) is 138 cm³/mol. The number of nitrogens with one attached hydrogen (secondary N) is 1. The lowest BCUT2D eigenvalue weighted by atomic mass is 10.1. The molecule has 0 saturated heterocycles. The molecule has 36 heavy (non-hydrogen) atoms. The maximum absolute atomic E-state index is 13.0. The third kappa shape index (κ3) is 5.54. The third-order valence-corrected chi connectivity index (χ3v) is 5.90. The van der Waals surface area contributed by atoms with Crippen LogP contribution in [0.25, 0.3) is 11.0 Å². The van der Waals surface area contributed by atoms with Gasteiger partial charge in [-0.2, -0.15) is 0 Å². The van der Waals surface area contributed by atoms with Crippen molar-refractivity contribution in [3.8, 4) is 23.0 Å². The van der Waals surface area contributed by atoms with Crippen LogP contribution in [-0.4, -0.2) is 43.4 Å². The summed E-state index contributed by atoms with van der Waals surface area (Å²) in [6.45, 7) is 3.16. The van der Waals surface area contributed by atoms with E-state index in [1.807, 2.05) is 55.5 Å². The van der Waals surface area contributed by atoms with Gasteiger partial charge in [0.2, 0.25) is 0 Å². The number of fused-ring (bicyclic) bond motifs is 1. The van der Waals surface area contributed by atoms with Crippen LogP contribution >= 0.6 is 0 Å². The van der Waals surface area contributed by atoms with Crippen molar-refractivity contribution in [2.45, 2.75) is 25.9 Å². The molecule has 0 aliphatic rings. The van der Waals surface area contributed by atoms with Gasteiger partial charge in [0, 0.05) is 18.2 Å². The predicted octanol–water partition coefficient (Wildman–Crippen LogP) is 5.02. The summed E-state index contributed by atoms with van der Waals surface area (Å²) >= 11 is 0. The fourth-order valence-corrected chi connectivity index (χ4v) is 4.09. The first-order valence-corrected chi connectivity index (χ1v) is 11.8. The Hall–Kier alpha value is -4.20. The normalized spacial score (nSPS) is 11.7. The fraction of sp³-hybridized carbons (Fsp3) is 0.286. The standard InChI is InChI=1S/C28H31N3O5/c1-19(29-28(32)20-13-14-25(34-3)26(17-20)35-4)27-30-23-11-5-6-12-24(23)31(27)15-8-16-36-22-10-7-9-21(18-22)33-2/h5-7,9-14,17-19H,8,15-16H2,1-4H3,(H,29,32). The summed E-state index contributed by atoms with van der Waals surface area (Å²) in [4.78, 5) is 17.8. The van der Waals surface area contributed by atoms with Gasteiger partial charge >= 0.3 is 0 Å². The molecule has 188 valence electrons. The number of ether oxygens (including phenoxy) is 4. The Bertz CT molecular complexity index is 1330. The zero-order chi connectivity index (χ0) is 25.5. The monoisotopic (exact) mass is 489 g/mol. The smallest absolute Gasteiger partial charge is 0.251 e.